The van der Waals surface area contributed by atoms with Crippen LogP contribution in [0, 0.1) is 18.6 Å². The summed E-state index contributed by atoms with van der Waals surface area (Å²) < 4.78 is 53.9. The normalized spacial score (nSPS) is 13.4. The van der Waals surface area contributed by atoms with E-state index < -0.39 is 27.7 Å². The van der Waals surface area contributed by atoms with Crippen molar-refractivity contribution in [2.45, 2.75) is 24.8 Å². The van der Waals surface area contributed by atoms with Gasteiger partial charge in [0.1, 0.15) is 0 Å². The number of hydrogen-bond acceptors (Lipinski definition) is 3. The van der Waals surface area contributed by atoms with Crippen LogP contribution >= 0.6 is 27.3 Å². The molecular formula is C13H12BrF2NO2S2. The number of rotatable bonds is 4. The van der Waals surface area contributed by atoms with Gasteiger partial charge in [0.05, 0.1) is 8.68 Å². The molecule has 0 aliphatic rings. The molecule has 1 N–H and O–H groups in total. The SMILES string of the molecule is Cc1sc(Br)cc1S(=O)(=O)NC(C)c1ccc(F)c(F)c1. The van der Waals surface area contributed by atoms with Gasteiger partial charge in [0.15, 0.2) is 11.6 Å². The molecule has 0 bridgehead atoms. The Morgan fingerprint density at radius 2 is 1.90 bits per heavy atom. The monoisotopic (exact) mass is 395 g/mol. The first-order valence-corrected chi connectivity index (χ1v) is 9.03. The first-order chi connectivity index (χ1) is 9.70. The topological polar surface area (TPSA) is 46.2 Å². The molecule has 0 fully saturated rings. The minimum Gasteiger partial charge on any atom is -0.207 e. The van der Waals surface area contributed by atoms with Crippen molar-refractivity contribution in [3.05, 3.63) is 50.1 Å². The summed E-state index contributed by atoms with van der Waals surface area (Å²) in [5, 5.41) is 0. The highest BCUT2D eigenvalue weighted by atomic mass is 79.9. The van der Waals surface area contributed by atoms with Gasteiger partial charge in [-0.2, -0.15) is 0 Å². The highest BCUT2D eigenvalue weighted by Crippen LogP contribution is 2.30. The second-order valence-corrected chi connectivity index (χ2v) is 8.81. The van der Waals surface area contributed by atoms with Gasteiger partial charge in [0.25, 0.3) is 0 Å². The molecule has 2 aromatic rings. The maximum Gasteiger partial charge on any atom is 0.242 e. The van der Waals surface area contributed by atoms with E-state index in [0.717, 1.165) is 12.1 Å². The molecule has 1 unspecified atom stereocenters. The largest absolute Gasteiger partial charge is 0.242 e. The van der Waals surface area contributed by atoms with Crippen LogP contribution in [0.1, 0.15) is 23.4 Å². The van der Waals surface area contributed by atoms with Gasteiger partial charge in [-0.15, -0.1) is 11.3 Å². The zero-order valence-corrected chi connectivity index (χ0v) is 14.4. The third kappa shape index (κ3) is 3.68. The van der Waals surface area contributed by atoms with E-state index in [1.54, 1.807) is 13.8 Å². The molecule has 0 amide bonds. The Labute approximate surface area is 134 Å². The minimum atomic E-state index is -3.73. The molecule has 0 aliphatic carbocycles. The van der Waals surface area contributed by atoms with Crippen LogP contribution < -0.4 is 4.72 Å². The Hall–Kier alpha value is -0.830. The van der Waals surface area contributed by atoms with Crippen molar-refractivity contribution >= 4 is 37.3 Å². The standard InChI is InChI=1S/C13H12BrF2NO2S2/c1-7(9-3-4-10(15)11(16)5-9)17-21(18,19)12-6-13(14)20-8(12)2/h3-7,17H,1-2H3. The third-order valence-corrected chi connectivity index (χ3v) is 6.26. The van der Waals surface area contributed by atoms with E-state index >= 15 is 0 Å². The molecule has 0 saturated carbocycles. The Morgan fingerprint density at radius 3 is 2.43 bits per heavy atom. The van der Waals surface area contributed by atoms with Crippen molar-refractivity contribution in [2.24, 2.45) is 0 Å². The second kappa shape index (κ2) is 6.12. The van der Waals surface area contributed by atoms with E-state index in [9.17, 15) is 17.2 Å². The van der Waals surface area contributed by atoms with Crippen LogP contribution in [0.5, 0.6) is 0 Å². The van der Waals surface area contributed by atoms with Crippen molar-refractivity contribution < 1.29 is 17.2 Å². The van der Waals surface area contributed by atoms with Crippen molar-refractivity contribution in [2.75, 3.05) is 0 Å². The molecule has 0 saturated heterocycles. The van der Waals surface area contributed by atoms with Gasteiger partial charge < -0.3 is 0 Å². The summed E-state index contributed by atoms with van der Waals surface area (Å²) in [7, 11) is -3.73. The quantitative estimate of drug-likeness (QED) is 0.845. The molecule has 1 heterocycles. The summed E-state index contributed by atoms with van der Waals surface area (Å²) in [4.78, 5) is 0.820. The number of sulfonamides is 1. The van der Waals surface area contributed by atoms with Gasteiger partial charge in [-0.1, -0.05) is 6.07 Å². The van der Waals surface area contributed by atoms with Gasteiger partial charge in [0, 0.05) is 10.9 Å². The molecule has 21 heavy (non-hydrogen) atoms. The van der Waals surface area contributed by atoms with E-state index in [2.05, 4.69) is 20.7 Å². The number of hydrogen-bond donors (Lipinski definition) is 1. The third-order valence-electron chi connectivity index (χ3n) is 2.91. The molecular weight excluding hydrogens is 384 g/mol. The summed E-state index contributed by atoms with van der Waals surface area (Å²) in [5.41, 5.74) is 0.351. The van der Waals surface area contributed by atoms with E-state index in [1.165, 1.54) is 23.5 Å². The average molecular weight is 396 g/mol. The Balaban J connectivity index is 2.27. The van der Waals surface area contributed by atoms with E-state index in [-0.39, 0.29) is 4.90 Å². The van der Waals surface area contributed by atoms with Crippen molar-refractivity contribution in [3.63, 3.8) is 0 Å². The Kier molecular flexibility index (Phi) is 4.82. The highest BCUT2D eigenvalue weighted by Gasteiger charge is 2.22. The molecule has 8 heteroatoms. The molecule has 1 aromatic heterocycles. The van der Waals surface area contributed by atoms with Crippen molar-refractivity contribution in [1.82, 2.24) is 4.72 Å². The van der Waals surface area contributed by atoms with E-state index in [4.69, 9.17) is 0 Å². The Morgan fingerprint density at radius 1 is 1.24 bits per heavy atom. The number of halogens is 3. The fraction of sp³-hybridized carbons (Fsp3) is 0.231. The van der Waals surface area contributed by atoms with Gasteiger partial charge in [-0.25, -0.2) is 21.9 Å². The maximum absolute atomic E-state index is 13.2. The summed E-state index contributed by atoms with van der Waals surface area (Å²) in [6.45, 7) is 3.27. The lowest BCUT2D eigenvalue weighted by atomic mass is 10.1. The molecule has 3 nitrogen and oxygen atoms in total. The molecule has 2 rings (SSSR count). The molecule has 1 aromatic carbocycles. The molecule has 0 aliphatic heterocycles. The van der Waals surface area contributed by atoms with Crippen LogP contribution in [0.3, 0.4) is 0 Å². The smallest absolute Gasteiger partial charge is 0.207 e. The number of benzene rings is 1. The summed E-state index contributed by atoms with van der Waals surface area (Å²) in [5.74, 6) is -1.97. The number of aryl methyl sites for hydroxylation is 1. The average Bonchev–Trinajstić information content (AvgIpc) is 2.72. The fourth-order valence-corrected chi connectivity index (χ4v) is 5.49. The molecule has 0 radical (unpaired) electrons. The predicted octanol–water partition coefficient (Wildman–Crippen LogP) is 4.14. The van der Waals surface area contributed by atoms with Crippen LogP contribution in [-0.4, -0.2) is 8.42 Å². The van der Waals surface area contributed by atoms with Crippen molar-refractivity contribution in [3.8, 4) is 0 Å². The van der Waals surface area contributed by atoms with Gasteiger partial charge in [0.2, 0.25) is 10.0 Å². The van der Waals surface area contributed by atoms with Crippen molar-refractivity contribution in [1.29, 1.82) is 0 Å². The second-order valence-electron chi connectivity index (χ2n) is 4.49. The molecule has 1 atom stereocenters. The molecule has 0 spiro atoms. The predicted molar refractivity (Wildman–Crippen MR) is 81.9 cm³/mol. The first kappa shape index (κ1) is 16.5. The fourth-order valence-electron chi connectivity index (χ4n) is 1.84. The highest BCUT2D eigenvalue weighted by molar-refractivity contribution is 9.11. The molecule has 114 valence electrons. The van der Waals surface area contributed by atoms with E-state index in [1.807, 2.05) is 0 Å². The lowest BCUT2D eigenvalue weighted by Gasteiger charge is -2.14. The summed E-state index contributed by atoms with van der Waals surface area (Å²) in [6, 6.07) is 4.14. The zero-order chi connectivity index (χ0) is 15.8. The van der Waals surface area contributed by atoms with Gasteiger partial charge >= 0.3 is 0 Å². The summed E-state index contributed by atoms with van der Waals surface area (Å²) >= 11 is 4.55. The van der Waals surface area contributed by atoms with Gasteiger partial charge in [-0.05, 0) is 53.5 Å². The lowest BCUT2D eigenvalue weighted by Crippen LogP contribution is -2.27. The summed E-state index contributed by atoms with van der Waals surface area (Å²) in [6.07, 6.45) is 0. The maximum atomic E-state index is 13.2. The van der Waals surface area contributed by atoms with Crippen LogP contribution in [0.15, 0.2) is 32.9 Å². The minimum absolute atomic E-state index is 0.175. The van der Waals surface area contributed by atoms with Crippen LogP contribution in [0.4, 0.5) is 8.78 Å². The van der Waals surface area contributed by atoms with Crippen LogP contribution in [0.2, 0.25) is 0 Å². The number of thiophene rings is 1. The van der Waals surface area contributed by atoms with Crippen LogP contribution in [-0.2, 0) is 10.0 Å². The van der Waals surface area contributed by atoms with E-state index in [0.29, 0.717) is 14.2 Å². The first-order valence-electron chi connectivity index (χ1n) is 5.94. The van der Waals surface area contributed by atoms with Gasteiger partial charge in [-0.3, -0.25) is 0 Å². The Bertz CT molecular complexity index is 774. The number of nitrogens with one attached hydrogen (secondary N) is 1. The lowest BCUT2D eigenvalue weighted by molar-refractivity contribution is 0.504. The zero-order valence-electron chi connectivity index (χ0n) is 11.2. The van der Waals surface area contributed by atoms with Crippen LogP contribution in [0.25, 0.3) is 0 Å².